The number of hydrogen-bond acceptors (Lipinski definition) is 4. The first-order valence-electron chi connectivity index (χ1n) is 10.9. The van der Waals surface area contributed by atoms with Gasteiger partial charge >= 0.3 is 0 Å². The number of nitrogens with one attached hydrogen (secondary N) is 2. The number of rotatable bonds is 8. The van der Waals surface area contributed by atoms with Gasteiger partial charge in [0.05, 0.1) is 25.8 Å². The lowest BCUT2D eigenvalue weighted by atomic mass is 10.0. The van der Waals surface area contributed by atoms with E-state index in [0.29, 0.717) is 11.3 Å². The van der Waals surface area contributed by atoms with Crippen molar-refractivity contribution in [3.63, 3.8) is 0 Å². The molecule has 2 amide bonds. The third-order valence-corrected chi connectivity index (χ3v) is 5.47. The zero-order valence-electron chi connectivity index (χ0n) is 18.8. The fourth-order valence-corrected chi connectivity index (χ4v) is 3.76. The van der Waals surface area contributed by atoms with Crippen molar-refractivity contribution in [3.8, 4) is 5.75 Å². The Morgan fingerprint density at radius 2 is 1.56 bits per heavy atom. The molecule has 0 spiro atoms. The molecule has 34 heavy (non-hydrogen) atoms. The van der Waals surface area contributed by atoms with Crippen LogP contribution in [-0.4, -0.2) is 25.1 Å². The fraction of sp³-hybridized carbons (Fsp3) is 0.107. The first-order valence-corrected chi connectivity index (χ1v) is 10.9. The van der Waals surface area contributed by atoms with Gasteiger partial charge in [-0.25, -0.2) is 5.43 Å². The zero-order chi connectivity index (χ0) is 23.8. The molecule has 0 aliphatic carbocycles. The van der Waals surface area contributed by atoms with Gasteiger partial charge in [-0.15, -0.1) is 0 Å². The molecule has 6 nitrogen and oxygen atoms in total. The summed E-state index contributed by atoms with van der Waals surface area (Å²) in [4.78, 5) is 25.5. The SMILES string of the molecule is COc1ccc2ccccc2c1/C=N\NC(=O)C[C@@H](NC(=O)c1ccccc1)c1ccccc1. The number of hydrogen-bond donors (Lipinski definition) is 2. The lowest BCUT2D eigenvalue weighted by Crippen LogP contribution is -2.32. The van der Waals surface area contributed by atoms with E-state index in [-0.39, 0.29) is 18.2 Å². The van der Waals surface area contributed by atoms with Crippen molar-refractivity contribution in [1.82, 2.24) is 10.7 Å². The van der Waals surface area contributed by atoms with E-state index >= 15 is 0 Å². The Hall–Kier alpha value is -4.45. The van der Waals surface area contributed by atoms with Crippen molar-refractivity contribution in [2.24, 2.45) is 5.10 Å². The van der Waals surface area contributed by atoms with Crippen LogP contribution in [0.15, 0.2) is 102 Å². The molecule has 4 aromatic rings. The van der Waals surface area contributed by atoms with Crippen molar-refractivity contribution in [1.29, 1.82) is 0 Å². The van der Waals surface area contributed by atoms with Gasteiger partial charge in [0, 0.05) is 11.1 Å². The second-order valence-electron chi connectivity index (χ2n) is 7.70. The van der Waals surface area contributed by atoms with Crippen molar-refractivity contribution in [2.45, 2.75) is 12.5 Å². The minimum Gasteiger partial charge on any atom is -0.496 e. The number of methoxy groups -OCH3 is 1. The molecule has 0 unspecified atom stereocenters. The number of nitrogens with zero attached hydrogens (tertiary/aromatic N) is 1. The predicted octanol–water partition coefficient (Wildman–Crippen LogP) is 4.86. The molecular weight excluding hydrogens is 426 g/mol. The van der Waals surface area contributed by atoms with Crippen LogP contribution in [-0.2, 0) is 4.79 Å². The van der Waals surface area contributed by atoms with Crippen molar-refractivity contribution in [2.75, 3.05) is 7.11 Å². The topological polar surface area (TPSA) is 79.8 Å². The molecule has 4 aromatic carbocycles. The van der Waals surface area contributed by atoms with E-state index < -0.39 is 6.04 Å². The second kappa shape index (κ2) is 10.9. The summed E-state index contributed by atoms with van der Waals surface area (Å²) in [5, 5.41) is 9.14. The molecule has 1 atom stereocenters. The van der Waals surface area contributed by atoms with Gasteiger partial charge in [0.25, 0.3) is 5.91 Å². The van der Waals surface area contributed by atoms with Gasteiger partial charge in [0.1, 0.15) is 5.75 Å². The number of amides is 2. The molecule has 0 radical (unpaired) electrons. The lowest BCUT2D eigenvalue weighted by molar-refractivity contribution is -0.121. The maximum Gasteiger partial charge on any atom is 0.251 e. The third-order valence-electron chi connectivity index (χ3n) is 5.47. The van der Waals surface area contributed by atoms with Gasteiger partial charge in [-0.2, -0.15) is 5.10 Å². The number of hydrazone groups is 1. The average molecular weight is 452 g/mol. The first kappa shape index (κ1) is 22.7. The van der Waals surface area contributed by atoms with Gasteiger partial charge in [-0.1, -0.05) is 78.9 Å². The van der Waals surface area contributed by atoms with Crippen LogP contribution < -0.4 is 15.5 Å². The monoisotopic (exact) mass is 451 g/mol. The Labute approximate surface area is 198 Å². The summed E-state index contributed by atoms with van der Waals surface area (Å²) in [6, 6.07) is 29.6. The number of carbonyl (C=O) groups is 2. The summed E-state index contributed by atoms with van der Waals surface area (Å²) in [5.41, 5.74) is 4.73. The van der Waals surface area contributed by atoms with Crippen molar-refractivity contribution in [3.05, 3.63) is 114 Å². The van der Waals surface area contributed by atoms with Gasteiger partial charge in [0.2, 0.25) is 5.91 Å². The van der Waals surface area contributed by atoms with Crippen molar-refractivity contribution >= 4 is 28.8 Å². The van der Waals surface area contributed by atoms with E-state index in [1.807, 2.05) is 72.8 Å². The van der Waals surface area contributed by atoms with Gasteiger partial charge < -0.3 is 10.1 Å². The molecule has 2 N–H and O–H groups in total. The molecule has 0 aliphatic heterocycles. The van der Waals surface area contributed by atoms with Crippen molar-refractivity contribution < 1.29 is 14.3 Å². The highest BCUT2D eigenvalue weighted by Crippen LogP contribution is 2.26. The summed E-state index contributed by atoms with van der Waals surface area (Å²) >= 11 is 0. The highest BCUT2D eigenvalue weighted by molar-refractivity contribution is 6.02. The van der Waals surface area contributed by atoms with E-state index in [9.17, 15) is 9.59 Å². The molecule has 0 saturated carbocycles. The summed E-state index contributed by atoms with van der Waals surface area (Å²) in [7, 11) is 1.60. The Kier molecular flexibility index (Phi) is 7.30. The van der Waals surface area contributed by atoms with Crippen LogP contribution in [0.3, 0.4) is 0 Å². The molecule has 0 bridgehead atoms. The molecule has 0 heterocycles. The standard InChI is InChI=1S/C28H25N3O3/c1-34-26-17-16-20-10-8-9-15-23(20)24(26)19-29-31-27(32)18-25(21-11-4-2-5-12-21)30-28(33)22-13-6-3-7-14-22/h2-17,19,25H,18H2,1H3,(H,30,33)(H,31,32)/b29-19-/t25-/m1/s1. The van der Waals surface area contributed by atoms with E-state index in [0.717, 1.165) is 21.9 Å². The Balaban J connectivity index is 1.49. The van der Waals surface area contributed by atoms with Gasteiger partial charge in [-0.3, -0.25) is 9.59 Å². The third kappa shape index (κ3) is 5.48. The highest BCUT2D eigenvalue weighted by Gasteiger charge is 2.19. The quantitative estimate of drug-likeness (QED) is 0.297. The number of ether oxygens (including phenoxy) is 1. The summed E-state index contributed by atoms with van der Waals surface area (Å²) in [6.07, 6.45) is 1.62. The molecule has 0 aromatic heterocycles. The maximum atomic E-state index is 12.7. The Morgan fingerprint density at radius 3 is 2.29 bits per heavy atom. The number of fused-ring (bicyclic) bond motifs is 1. The Morgan fingerprint density at radius 1 is 0.882 bits per heavy atom. The molecule has 0 aliphatic rings. The van der Waals surface area contributed by atoms with Crippen LogP contribution >= 0.6 is 0 Å². The molecular formula is C28H25N3O3. The fourth-order valence-electron chi connectivity index (χ4n) is 3.76. The van der Waals surface area contributed by atoms with Crippen LogP contribution in [0, 0.1) is 0 Å². The molecule has 0 fully saturated rings. The zero-order valence-corrected chi connectivity index (χ0v) is 18.8. The van der Waals surface area contributed by atoms with Gasteiger partial charge in [0.15, 0.2) is 0 Å². The van der Waals surface area contributed by atoms with E-state index in [1.165, 1.54) is 0 Å². The van der Waals surface area contributed by atoms with E-state index in [2.05, 4.69) is 15.8 Å². The molecule has 0 saturated heterocycles. The van der Waals surface area contributed by atoms with Crippen LogP contribution in [0.2, 0.25) is 0 Å². The van der Waals surface area contributed by atoms with Crippen LogP contribution in [0.5, 0.6) is 5.75 Å². The normalized spacial score (nSPS) is 11.8. The first-order chi connectivity index (χ1) is 16.7. The molecule has 170 valence electrons. The minimum absolute atomic E-state index is 0.0343. The summed E-state index contributed by atoms with van der Waals surface area (Å²) in [5.74, 6) is 0.0953. The predicted molar refractivity (Wildman–Crippen MR) is 134 cm³/mol. The van der Waals surface area contributed by atoms with E-state index in [1.54, 1.807) is 37.6 Å². The molecule has 4 rings (SSSR count). The minimum atomic E-state index is -0.504. The summed E-state index contributed by atoms with van der Waals surface area (Å²) < 4.78 is 5.47. The smallest absolute Gasteiger partial charge is 0.251 e. The van der Waals surface area contributed by atoms with Gasteiger partial charge in [-0.05, 0) is 34.5 Å². The average Bonchev–Trinajstić information content (AvgIpc) is 2.89. The highest BCUT2D eigenvalue weighted by atomic mass is 16.5. The second-order valence-corrected chi connectivity index (χ2v) is 7.70. The molecule has 6 heteroatoms. The lowest BCUT2D eigenvalue weighted by Gasteiger charge is -2.18. The number of carbonyl (C=O) groups excluding carboxylic acids is 2. The van der Waals surface area contributed by atoms with Crippen LogP contribution in [0.25, 0.3) is 10.8 Å². The number of benzene rings is 4. The van der Waals surface area contributed by atoms with E-state index in [4.69, 9.17) is 4.74 Å². The Bertz CT molecular complexity index is 1300. The van der Waals surface area contributed by atoms with Crippen LogP contribution in [0.1, 0.15) is 33.9 Å². The maximum absolute atomic E-state index is 12.7. The van der Waals surface area contributed by atoms with Crippen LogP contribution in [0.4, 0.5) is 0 Å². The summed E-state index contributed by atoms with van der Waals surface area (Å²) in [6.45, 7) is 0. The largest absolute Gasteiger partial charge is 0.496 e.